The maximum absolute atomic E-state index is 13.9. The molecule has 0 spiro atoms. The predicted molar refractivity (Wildman–Crippen MR) is 107 cm³/mol. The van der Waals surface area contributed by atoms with Crippen molar-refractivity contribution >= 4 is 15.9 Å². The monoisotopic (exact) mass is 414 g/mol. The Morgan fingerprint density at radius 2 is 1.89 bits per heavy atom. The maximum Gasteiger partial charge on any atom is 0.275 e. The Balaban J connectivity index is 1.77. The molecule has 1 aliphatic rings. The molecular formula is C20H33FN3O3S+. The lowest BCUT2D eigenvalue weighted by atomic mass is 10.1. The molecule has 1 aliphatic heterocycles. The van der Waals surface area contributed by atoms with Crippen molar-refractivity contribution in [2.75, 3.05) is 32.7 Å². The van der Waals surface area contributed by atoms with Gasteiger partial charge in [0.2, 0.25) is 10.0 Å². The Morgan fingerprint density at radius 3 is 2.54 bits per heavy atom. The van der Waals surface area contributed by atoms with Crippen LogP contribution in [0.5, 0.6) is 0 Å². The van der Waals surface area contributed by atoms with Crippen LogP contribution in [0.25, 0.3) is 0 Å². The predicted octanol–water partition coefficient (Wildman–Crippen LogP) is 1.19. The van der Waals surface area contributed by atoms with E-state index in [4.69, 9.17) is 0 Å². The molecular weight excluding hydrogens is 381 g/mol. The van der Waals surface area contributed by atoms with Crippen molar-refractivity contribution in [1.29, 1.82) is 0 Å². The van der Waals surface area contributed by atoms with E-state index < -0.39 is 15.8 Å². The highest BCUT2D eigenvalue weighted by atomic mass is 32.2. The van der Waals surface area contributed by atoms with Gasteiger partial charge in [-0.2, -0.15) is 4.31 Å². The number of quaternary nitrogens is 1. The van der Waals surface area contributed by atoms with Crippen molar-refractivity contribution < 1.29 is 22.5 Å². The molecule has 0 unspecified atom stereocenters. The number of hydrogen-bond donors (Lipinski definition) is 2. The second-order valence-electron chi connectivity index (χ2n) is 7.58. The van der Waals surface area contributed by atoms with Crippen molar-refractivity contribution in [3.63, 3.8) is 0 Å². The fourth-order valence-corrected chi connectivity index (χ4v) is 5.02. The molecule has 0 aliphatic carbocycles. The molecule has 0 saturated carbocycles. The number of halogens is 1. The van der Waals surface area contributed by atoms with Gasteiger partial charge in [-0.3, -0.25) is 4.79 Å². The summed E-state index contributed by atoms with van der Waals surface area (Å²) in [7, 11) is -3.83. The van der Waals surface area contributed by atoms with Crippen LogP contribution in [0.4, 0.5) is 4.39 Å². The van der Waals surface area contributed by atoms with Gasteiger partial charge >= 0.3 is 0 Å². The topological polar surface area (TPSA) is 70.9 Å². The highest BCUT2D eigenvalue weighted by molar-refractivity contribution is 7.89. The van der Waals surface area contributed by atoms with Gasteiger partial charge in [0.1, 0.15) is 10.7 Å². The maximum atomic E-state index is 13.9. The number of carbonyl (C=O) groups excluding carboxylic acids is 1. The van der Waals surface area contributed by atoms with Gasteiger partial charge in [-0.15, -0.1) is 0 Å². The number of nitrogens with one attached hydrogen (secondary N) is 2. The number of sulfonamides is 1. The number of hydrogen-bond acceptors (Lipinski definition) is 3. The zero-order chi connectivity index (χ0) is 20.6. The van der Waals surface area contributed by atoms with Crippen molar-refractivity contribution in [2.45, 2.75) is 56.9 Å². The first-order valence-electron chi connectivity index (χ1n) is 10.2. The normalized spacial score (nSPS) is 17.4. The number of nitrogens with zero attached hydrogens (tertiary/aromatic N) is 1. The van der Waals surface area contributed by atoms with Crippen molar-refractivity contribution in [3.8, 4) is 0 Å². The molecule has 0 radical (unpaired) electrons. The first kappa shape index (κ1) is 22.8. The Labute approximate surface area is 168 Å². The summed E-state index contributed by atoms with van der Waals surface area (Å²) in [6, 6.07) is 5.60. The molecule has 28 heavy (non-hydrogen) atoms. The molecule has 1 amide bonds. The van der Waals surface area contributed by atoms with Crippen LogP contribution >= 0.6 is 0 Å². The van der Waals surface area contributed by atoms with Crippen LogP contribution in [0, 0.1) is 5.82 Å². The van der Waals surface area contributed by atoms with E-state index in [2.05, 4.69) is 12.2 Å². The zero-order valence-electron chi connectivity index (χ0n) is 16.9. The molecule has 1 atom stereocenters. The van der Waals surface area contributed by atoms with E-state index in [1.165, 1.54) is 41.8 Å². The van der Waals surface area contributed by atoms with E-state index in [0.717, 1.165) is 23.8 Å². The van der Waals surface area contributed by atoms with Gasteiger partial charge in [0, 0.05) is 6.04 Å². The third-order valence-corrected chi connectivity index (χ3v) is 7.12. The van der Waals surface area contributed by atoms with Gasteiger partial charge < -0.3 is 10.2 Å². The van der Waals surface area contributed by atoms with E-state index in [0.29, 0.717) is 19.6 Å². The number of carbonyl (C=O) groups is 1. The van der Waals surface area contributed by atoms with Crippen LogP contribution in [0.3, 0.4) is 0 Å². The fourth-order valence-electron chi connectivity index (χ4n) is 3.51. The molecule has 0 aromatic heterocycles. The van der Waals surface area contributed by atoms with Gasteiger partial charge in [0.25, 0.3) is 5.91 Å². The van der Waals surface area contributed by atoms with E-state index >= 15 is 0 Å². The molecule has 2 N–H and O–H groups in total. The molecule has 8 heteroatoms. The standard InChI is InChI=1S/C20H32FN3O3S/c1-3-4-5-6-9-17(2)22-20(25)16-23-12-14-24(15-13-23)28(26,27)19-11-8-7-10-18(19)21/h7-8,10-11,17H,3-6,9,12-16H2,1-2H3,(H,22,25)/p+1/t17-/m0/s1. The lowest BCUT2D eigenvalue weighted by Gasteiger charge is -2.31. The van der Waals surface area contributed by atoms with E-state index in [1.54, 1.807) is 0 Å². The second kappa shape index (κ2) is 10.9. The SMILES string of the molecule is CCCCCC[C@H](C)NC(=O)C[NH+]1CCN(S(=O)(=O)c2ccccc2F)CC1. The van der Waals surface area contributed by atoms with Gasteiger partial charge in [0.15, 0.2) is 6.54 Å². The van der Waals surface area contributed by atoms with Crippen LogP contribution in [-0.4, -0.2) is 57.4 Å². The van der Waals surface area contributed by atoms with E-state index in [-0.39, 0.29) is 29.9 Å². The average molecular weight is 415 g/mol. The summed E-state index contributed by atoms with van der Waals surface area (Å²) in [5, 5.41) is 3.04. The molecule has 2 rings (SSSR count). The third-order valence-electron chi connectivity index (χ3n) is 5.19. The highest BCUT2D eigenvalue weighted by Crippen LogP contribution is 2.18. The summed E-state index contributed by atoms with van der Waals surface area (Å²) in [5.74, 6) is -0.729. The molecule has 1 aromatic carbocycles. The van der Waals surface area contributed by atoms with Crippen LogP contribution in [0.15, 0.2) is 29.2 Å². The molecule has 0 bridgehead atoms. The molecule has 1 fully saturated rings. The average Bonchev–Trinajstić information content (AvgIpc) is 2.66. The van der Waals surface area contributed by atoms with Gasteiger partial charge in [0.05, 0.1) is 26.2 Å². The third kappa shape index (κ3) is 6.53. The quantitative estimate of drug-likeness (QED) is 0.565. The zero-order valence-corrected chi connectivity index (χ0v) is 17.7. The minimum absolute atomic E-state index is 0.00315. The molecule has 158 valence electrons. The Hall–Kier alpha value is -1.51. The number of rotatable bonds is 10. The largest absolute Gasteiger partial charge is 0.349 e. The van der Waals surface area contributed by atoms with E-state index in [9.17, 15) is 17.6 Å². The molecule has 1 heterocycles. The molecule has 1 aromatic rings. The van der Waals surface area contributed by atoms with Crippen molar-refractivity contribution in [2.24, 2.45) is 0 Å². The number of benzene rings is 1. The summed E-state index contributed by atoms with van der Waals surface area (Å²) in [5.41, 5.74) is 0. The van der Waals surface area contributed by atoms with Gasteiger partial charge in [-0.25, -0.2) is 12.8 Å². The number of unbranched alkanes of at least 4 members (excludes halogenated alkanes) is 3. The summed E-state index contributed by atoms with van der Waals surface area (Å²) in [6.07, 6.45) is 5.72. The highest BCUT2D eigenvalue weighted by Gasteiger charge is 2.32. The summed E-state index contributed by atoms with van der Waals surface area (Å²) < 4.78 is 40.4. The van der Waals surface area contributed by atoms with Crippen molar-refractivity contribution in [3.05, 3.63) is 30.1 Å². The number of piperazine rings is 1. The van der Waals surface area contributed by atoms with Crippen LogP contribution in [0.1, 0.15) is 46.0 Å². The second-order valence-corrected chi connectivity index (χ2v) is 9.49. The number of amides is 1. The molecule has 1 saturated heterocycles. The Bertz CT molecular complexity index is 734. The minimum Gasteiger partial charge on any atom is -0.349 e. The van der Waals surface area contributed by atoms with Crippen molar-refractivity contribution in [1.82, 2.24) is 9.62 Å². The smallest absolute Gasteiger partial charge is 0.275 e. The Morgan fingerprint density at radius 1 is 1.21 bits per heavy atom. The summed E-state index contributed by atoms with van der Waals surface area (Å²) in [6.45, 7) is 6.18. The lowest BCUT2D eigenvalue weighted by Crippen LogP contribution is -3.15. The van der Waals surface area contributed by atoms with E-state index in [1.807, 2.05) is 6.92 Å². The molecule has 6 nitrogen and oxygen atoms in total. The fraction of sp³-hybridized carbons (Fsp3) is 0.650. The van der Waals surface area contributed by atoms with Gasteiger partial charge in [-0.05, 0) is 25.5 Å². The summed E-state index contributed by atoms with van der Waals surface area (Å²) >= 11 is 0. The van der Waals surface area contributed by atoms with Gasteiger partial charge in [-0.1, -0.05) is 44.7 Å². The van der Waals surface area contributed by atoms with Crippen LogP contribution < -0.4 is 10.2 Å². The first-order valence-corrected chi connectivity index (χ1v) is 11.7. The summed E-state index contributed by atoms with van der Waals surface area (Å²) in [4.78, 5) is 13.0. The first-order chi connectivity index (χ1) is 13.3. The van der Waals surface area contributed by atoms with Crippen LogP contribution in [0.2, 0.25) is 0 Å². The minimum atomic E-state index is -3.83. The Kier molecular flexibility index (Phi) is 8.85. The lowest BCUT2D eigenvalue weighted by molar-refractivity contribution is -0.895. The van der Waals surface area contributed by atoms with Crippen LogP contribution in [-0.2, 0) is 14.8 Å².